The van der Waals surface area contributed by atoms with Gasteiger partial charge in [-0.05, 0) is 40.0 Å². The molecule has 0 bridgehead atoms. The number of hydrogen-bond donors (Lipinski definition) is 1. The number of halogens is 2. The van der Waals surface area contributed by atoms with Gasteiger partial charge in [-0.25, -0.2) is 4.39 Å². The number of ether oxygens (including phenoxy) is 1. The molecule has 0 saturated carbocycles. The van der Waals surface area contributed by atoms with Crippen LogP contribution < -0.4 is 5.73 Å². The maximum absolute atomic E-state index is 13.7. The van der Waals surface area contributed by atoms with Crippen molar-refractivity contribution in [2.75, 3.05) is 13.7 Å². The first-order valence-corrected chi connectivity index (χ1v) is 7.05. The molecule has 2 aromatic rings. The third-order valence-corrected chi connectivity index (χ3v) is 3.80. The summed E-state index contributed by atoms with van der Waals surface area (Å²) in [7, 11) is 1.63. The maximum atomic E-state index is 13.7. The Balaban J connectivity index is 2.34. The van der Waals surface area contributed by atoms with Crippen molar-refractivity contribution in [3.63, 3.8) is 0 Å². The van der Waals surface area contributed by atoms with E-state index in [-0.39, 0.29) is 5.82 Å². The summed E-state index contributed by atoms with van der Waals surface area (Å²) < 4.78 is 21.3. The molecule has 20 heavy (non-hydrogen) atoms. The van der Waals surface area contributed by atoms with Gasteiger partial charge in [0.05, 0.1) is 35.6 Å². The molecule has 1 atom stereocenters. The molecule has 0 amide bonds. The molecule has 1 unspecified atom stereocenters. The van der Waals surface area contributed by atoms with Crippen LogP contribution in [-0.4, -0.2) is 23.5 Å². The van der Waals surface area contributed by atoms with Gasteiger partial charge in [-0.2, -0.15) is 5.10 Å². The largest absolute Gasteiger partial charge is 0.383 e. The van der Waals surface area contributed by atoms with Gasteiger partial charge < -0.3 is 10.5 Å². The first kappa shape index (κ1) is 15.2. The summed E-state index contributed by atoms with van der Waals surface area (Å²) in [5.41, 5.74) is 8.39. The van der Waals surface area contributed by atoms with E-state index < -0.39 is 6.04 Å². The monoisotopic (exact) mass is 341 g/mol. The summed E-state index contributed by atoms with van der Waals surface area (Å²) >= 11 is 3.44. The van der Waals surface area contributed by atoms with Gasteiger partial charge in [-0.3, -0.25) is 4.68 Å². The molecule has 0 spiro atoms. The van der Waals surface area contributed by atoms with Gasteiger partial charge in [-0.15, -0.1) is 0 Å². The van der Waals surface area contributed by atoms with Gasteiger partial charge in [0.15, 0.2) is 0 Å². The molecule has 0 aliphatic rings. The summed E-state index contributed by atoms with van der Waals surface area (Å²) in [5, 5.41) is 4.26. The van der Waals surface area contributed by atoms with Crippen molar-refractivity contribution in [1.29, 1.82) is 0 Å². The highest BCUT2D eigenvalue weighted by Gasteiger charge is 2.19. The molecule has 0 fully saturated rings. The van der Waals surface area contributed by atoms with E-state index in [1.807, 2.05) is 6.07 Å². The van der Waals surface area contributed by atoms with Crippen molar-refractivity contribution in [1.82, 2.24) is 9.78 Å². The Morgan fingerprint density at radius 3 is 2.90 bits per heavy atom. The maximum Gasteiger partial charge on any atom is 0.126 e. The molecular formula is C14H17BrFN3O. The first-order valence-electron chi connectivity index (χ1n) is 6.26. The molecule has 0 aliphatic carbocycles. The lowest BCUT2D eigenvalue weighted by Crippen LogP contribution is -2.19. The average molecular weight is 342 g/mol. The highest BCUT2D eigenvalue weighted by molar-refractivity contribution is 9.10. The summed E-state index contributed by atoms with van der Waals surface area (Å²) in [6.45, 7) is 2.86. The minimum atomic E-state index is -0.446. The Labute approximate surface area is 125 Å². The molecule has 2 rings (SSSR count). The Morgan fingerprint density at radius 2 is 2.25 bits per heavy atom. The third kappa shape index (κ3) is 3.08. The lowest BCUT2D eigenvalue weighted by molar-refractivity contribution is 0.182. The number of methoxy groups -OCH3 is 1. The Kier molecular flexibility index (Phi) is 4.91. The lowest BCUT2D eigenvalue weighted by Gasteiger charge is -2.16. The van der Waals surface area contributed by atoms with Crippen LogP contribution in [0.3, 0.4) is 0 Å². The predicted octanol–water partition coefficient (Wildman–Crippen LogP) is 2.79. The number of nitrogens with two attached hydrogens (primary N) is 1. The van der Waals surface area contributed by atoms with Crippen molar-refractivity contribution in [3.8, 4) is 0 Å². The van der Waals surface area contributed by atoms with E-state index in [9.17, 15) is 4.39 Å². The number of benzene rings is 1. The number of rotatable bonds is 5. The minimum Gasteiger partial charge on any atom is -0.383 e. The summed E-state index contributed by atoms with van der Waals surface area (Å²) in [4.78, 5) is 0. The second-order valence-electron chi connectivity index (χ2n) is 4.58. The van der Waals surface area contributed by atoms with Gasteiger partial charge in [0.25, 0.3) is 0 Å². The Hall–Kier alpha value is -1.24. The van der Waals surface area contributed by atoms with Crippen LogP contribution in [0, 0.1) is 12.7 Å². The van der Waals surface area contributed by atoms with Crippen LogP contribution >= 0.6 is 15.9 Å². The molecule has 1 aromatic carbocycles. The lowest BCUT2D eigenvalue weighted by atomic mass is 10.0. The van der Waals surface area contributed by atoms with E-state index >= 15 is 0 Å². The van der Waals surface area contributed by atoms with E-state index in [4.69, 9.17) is 10.5 Å². The topological polar surface area (TPSA) is 53.1 Å². The molecule has 2 N–H and O–H groups in total. The van der Waals surface area contributed by atoms with E-state index in [1.54, 1.807) is 31.0 Å². The van der Waals surface area contributed by atoms with Crippen molar-refractivity contribution in [3.05, 3.63) is 51.5 Å². The molecule has 0 aliphatic heterocycles. The van der Waals surface area contributed by atoms with Crippen LogP contribution in [0.5, 0.6) is 0 Å². The Bertz CT molecular complexity index is 600. The average Bonchev–Trinajstić information content (AvgIpc) is 2.80. The molecule has 0 saturated heterocycles. The van der Waals surface area contributed by atoms with E-state index in [0.717, 1.165) is 10.2 Å². The van der Waals surface area contributed by atoms with E-state index in [2.05, 4.69) is 21.0 Å². The zero-order valence-electron chi connectivity index (χ0n) is 11.4. The van der Waals surface area contributed by atoms with Crippen LogP contribution in [0.25, 0.3) is 0 Å². The second kappa shape index (κ2) is 6.47. The molecule has 6 heteroatoms. The fourth-order valence-corrected chi connectivity index (χ4v) is 2.54. The molecule has 1 heterocycles. The molecule has 0 radical (unpaired) electrons. The van der Waals surface area contributed by atoms with Gasteiger partial charge >= 0.3 is 0 Å². The van der Waals surface area contributed by atoms with E-state index in [1.165, 1.54) is 6.07 Å². The van der Waals surface area contributed by atoms with E-state index in [0.29, 0.717) is 24.3 Å². The van der Waals surface area contributed by atoms with Crippen LogP contribution in [0.1, 0.15) is 22.9 Å². The molecular weight excluding hydrogens is 325 g/mol. The number of aryl methyl sites for hydroxylation is 1. The zero-order valence-corrected chi connectivity index (χ0v) is 13.0. The number of hydrogen-bond acceptors (Lipinski definition) is 3. The SMILES string of the molecule is COCCn1ncc(Br)c1C(N)c1ccc(C)c(F)c1. The highest BCUT2D eigenvalue weighted by atomic mass is 79.9. The van der Waals surface area contributed by atoms with Crippen molar-refractivity contribution in [2.24, 2.45) is 5.73 Å². The third-order valence-electron chi connectivity index (χ3n) is 3.19. The molecule has 1 aromatic heterocycles. The van der Waals surface area contributed by atoms with Crippen LogP contribution in [0.2, 0.25) is 0 Å². The van der Waals surface area contributed by atoms with Crippen molar-refractivity contribution >= 4 is 15.9 Å². The van der Waals surface area contributed by atoms with Crippen LogP contribution in [0.15, 0.2) is 28.9 Å². The fourth-order valence-electron chi connectivity index (χ4n) is 2.00. The number of aromatic nitrogens is 2. The van der Waals surface area contributed by atoms with Crippen molar-refractivity contribution in [2.45, 2.75) is 19.5 Å². The smallest absolute Gasteiger partial charge is 0.126 e. The number of nitrogens with zero attached hydrogens (tertiary/aromatic N) is 2. The summed E-state index contributed by atoms with van der Waals surface area (Å²) in [5.74, 6) is -0.253. The fraction of sp³-hybridized carbons (Fsp3) is 0.357. The second-order valence-corrected chi connectivity index (χ2v) is 5.43. The van der Waals surface area contributed by atoms with Crippen LogP contribution in [0.4, 0.5) is 4.39 Å². The molecule has 108 valence electrons. The summed E-state index contributed by atoms with van der Waals surface area (Å²) in [6.07, 6.45) is 1.69. The van der Waals surface area contributed by atoms with Crippen LogP contribution in [-0.2, 0) is 11.3 Å². The normalized spacial score (nSPS) is 12.7. The van der Waals surface area contributed by atoms with Gasteiger partial charge in [-0.1, -0.05) is 12.1 Å². The zero-order chi connectivity index (χ0) is 14.7. The quantitative estimate of drug-likeness (QED) is 0.909. The standard InChI is InChI=1S/C14H17BrFN3O/c1-9-3-4-10(7-12(9)16)13(17)14-11(15)8-18-19(14)5-6-20-2/h3-4,7-8,13H,5-6,17H2,1-2H3. The Morgan fingerprint density at radius 1 is 1.50 bits per heavy atom. The van der Waals surface area contributed by atoms with Crippen molar-refractivity contribution < 1.29 is 9.13 Å². The predicted molar refractivity (Wildman–Crippen MR) is 79.0 cm³/mol. The van der Waals surface area contributed by atoms with Gasteiger partial charge in [0.2, 0.25) is 0 Å². The highest BCUT2D eigenvalue weighted by Crippen LogP contribution is 2.27. The van der Waals surface area contributed by atoms with Gasteiger partial charge in [0.1, 0.15) is 5.82 Å². The minimum absolute atomic E-state index is 0.253. The molecule has 4 nitrogen and oxygen atoms in total. The first-order chi connectivity index (χ1) is 9.54. The summed E-state index contributed by atoms with van der Waals surface area (Å²) in [6, 6.07) is 4.59. The van der Waals surface area contributed by atoms with Gasteiger partial charge in [0, 0.05) is 7.11 Å².